The van der Waals surface area contributed by atoms with Gasteiger partial charge >= 0.3 is 0 Å². The molecule has 8 heteroatoms. The molecule has 0 radical (unpaired) electrons. The van der Waals surface area contributed by atoms with E-state index >= 15 is 0 Å². The van der Waals surface area contributed by atoms with Crippen molar-refractivity contribution in [1.82, 2.24) is 5.43 Å². The number of halogens is 1. The number of hydrogen-bond donors (Lipinski definition) is 1. The predicted octanol–water partition coefficient (Wildman–Crippen LogP) is 4.67. The van der Waals surface area contributed by atoms with E-state index in [0.29, 0.717) is 16.3 Å². The Morgan fingerprint density at radius 1 is 1.07 bits per heavy atom. The van der Waals surface area contributed by atoms with Crippen molar-refractivity contribution in [3.8, 4) is 0 Å². The minimum atomic E-state index is -3.97. The van der Waals surface area contributed by atoms with Crippen molar-refractivity contribution < 1.29 is 13.2 Å². The fourth-order valence-electron chi connectivity index (χ4n) is 3.43. The Labute approximate surface area is 183 Å². The number of anilines is 1. The molecule has 0 saturated heterocycles. The van der Waals surface area contributed by atoms with E-state index in [1.165, 1.54) is 25.0 Å². The molecule has 0 spiro atoms. The quantitative estimate of drug-likeness (QED) is 0.516. The molecule has 1 saturated carbocycles. The Kier molecular flexibility index (Phi) is 7.50. The molecule has 1 aliphatic rings. The highest BCUT2D eigenvalue weighted by atomic mass is 35.5. The molecule has 0 unspecified atom stereocenters. The van der Waals surface area contributed by atoms with Gasteiger partial charge in [-0.15, -0.1) is 0 Å². The second-order valence-electron chi connectivity index (χ2n) is 7.38. The number of carbonyl (C=O) groups is 1. The molecular weight excluding hydrogens is 422 g/mol. The molecule has 0 bridgehead atoms. The van der Waals surface area contributed by atoms with Gasteiger partial charge in [-0.3, -0.25) is 9.10 Å². The number of hydrazone groups is 1. The van der Waals surface area contributed by atoms with E-state index in [9.17, 15) is 13.2 Å². The van der Waals surface area contributed by atoms with Gasteiger partial charge in [0, 0.05) is 10.7 Å². The summed E-state index contributed by atoms with van der Waals surface area (Å²) in [4.78, 5) is 12.8. The van der Waals surface area contributed by atoms with Gasteiger partial charge in [-0.1, -0.05) is 48.7 Å². The molecule has 1 aliphatic carbocycles. The molecule has 0 atom stereocenters. The summed E-state index contributed by atoms with van der Waals surface area (Å²) in [5.74, 6) is -0.495. The van der Waals surface area contributed by atoms with Crippen molar-refractivity contribution in [2.45, 2.75) is 50.3 Å². The van der Waals surface area contributed by atoms with Gasteiger partial charge in [-0.2, -0.15) is 5.10 Å². The molecule has 1 fully saturated rings. The first-order chi connectivity index (χ1) is 14.4. The topological polar surface area (TPSA) is 78.8 Å². The lowest BCUT2D eigenvalue weighted by atomic mass is 10.2. The highest BCUT2D eigenvalue weighted by molar-refractivity contribution is 7.92. The third-order valence-electron chi connectivity index (χ3n) is 5.08. The molecule has 1 amide bonds. The summed E-state index contributed by atoms with van der Waals surface area (Å²) in [6, 6.07) is 13.0. The van der Waals surface area contributed by atoms with Gasteiger partial charge in [0.05, 0.1) is 10.6 Å². The second kappa shape index (κ2) is 10.1. The summed E-state index contributed by atoms with van der Waals surface area (Å²) in [5.41, 5.74) is 4.56. The summed E-state index contributed by atoms with van der Waals surface area (Å²) in [7, 11) is -3.97. The number of nitrogens with one attached hydrogen (secondary N) is 1. The first kappa shape index (κ1) is 22.3. The van der Waals surface area contributed by atoms with Crippen molar-refractivity contribution in [2.75, 3.05) is 10.8 Å². The summed E-state index contributed by atoms with van der Waals surface area (Å²) >= 11 is 6.13. The van der Waals surface area contributed by atoms with Crippen LogP contribution in [0.1, 0.15) is 44.1 Å². The zero-order valence-corrected chi connectivity index (χ0v) is 18.5. The number of carbonyl (C=O) groups excluding carboxylic acids is 1. The molecule has 0 heterocycles. The Morgan fingerprint density at radius 3 is 2.40 bits per heavy atom. The van der Waals surface area contributed by atoms with E-state index in [4.69, 9.17) is 11.6 Å². The number of aryl methyl sites for hydroxylation is 1. The van der Waals surface area contributed by atoms with E-state index in [2.05, 4.69) is 10.5 Å². The van der Waals surface area contributed by atoms with E-state index in [1.54, 1.807) is 43.3 Å². The summed E-state index contributed by atoms with van der Waals surface area (Å²) < 4.78 is 27.8. The molecule has 6 nitrogen and oxygen atoms in total. The third-order valence-corrected chi connectivity index (χ3v) is 7.09. The van der Waals surface area contributed by atoms with Crippen LogP contribution in [0.3, 0.4) is 0 Å². The minimum Gasteiger partial charge on any atom is -0.271 e. The van der Waals surface area contributed by atoms with E-state index < -0.39 is 22.5 Å². The molecule has 0 aliphatic heterocycles. The Bertz CT molecular complexity index is 1010. The third kappa shape index (κ3) is 5.61. The van der Waals surface area contributed by atoms with Crippen LogP contribution in [0.25, 0.3) is 0 Å². The van der Waals surface area contributed by atoms with Gasteiger partial charge < -0.3 is 0 Å². The van der Waals surface area contributed by atoms with Crippen molar-refractivity contribution in [3.63, 3.8) is 0 Å². The zero-order chi connectivity index (χ0) is 21.6. The van der Waals surface area contributed by atoms with Crippen molar-refractivity contribution in [2.24, 2.45) is 5.10 Å². The lowest BCUT2D eigenvalue weighted by Gasteiger charge is -2.25. The summed E-state index contributed by atoms with van der Waals surface area (Å²) in [6.45, 7) is 1.39. The van der Waals surface area contributed by atoms with Crippen LogP contribution in [0.5, 0.6) is 0 Å². The largest absolute Gasteiger partial charge is 0.271 e. The molecule has 2 aromatic carbocycles. The number of hydrogen-bond acceptors (Lipinski definition) is 4. The smallest absolute Gasteiger partial charge is 0.264 e. The maximum Gasteiger partial charge on any atom is 0.264 e. The lowest BCUT2D eigenvalue weighted by molar-refractivity contribution is -0.119. The molecule has 160 valence electrons. The average molecular weight is 448 g/mol. The highest BCUT2D eigenvalue weighted by Gasteiger charge is 2.28. The monoisotopic (exact) mass is 447 g/mol. The fourth-order valence-corrected chi connectivity index (χ4v) is 5.09. The Morgan fingerprint density at radius 2 is 1.73 bits per heavy atom. The summed E-state index contributed by atoms with van der Waals surface area (Å²) in [5, 5.41) is 4.65. The van der Waals surface area contributed by atoms with Crippen LogP contribution in [0.15, 0.2) is 58.5 Å². The maximum absolute atomic E-state index is 13.4. The lowest BCUT2D eigenvalue weighted by Crippen LogP contribution is -2.40. The van der Waals surface area contributed by atoms with Gasteiger partial charge in [0.15, 0.2) is 0 Å². The number of benzene rings is 2. The first-order valence-corrected chi connectivity index (χ1v) is 11.9. The molecule has 3 rings (SSSR count). The molecule has 2 aromatic rings. The van der Waals surface area contributed by atoms with Gasteiger partial charge in [-0.05, 0) is 62.4 Å². The number of rotatable bonds is 6. The van der Waals surface area contributed by atoms with Gasteiger partial charge in [0.1, 0.15) is 6.54 Å². The van der Waals surface area contributed by atoms with Crippen LogP contribution in [0.2, 0.25) is 5.02 Å². The maximum atomic E-state index is 13.4. The van der Waals surface area contributed by atoms with Crippen LogP contribution in [0.4, 0.5) is 5.69 Å². The van der Waals surface area contributed by atoms with Crippen molar-refractivity contribution in [3.05, 3.63) is 59.1 Å². The second-order valence-corrected chi connectivity index (χ2v) is 9.68. The van der Waals surface area contributed by atoms with Gasteiger partial charge in [-0.25, -0.2) is 13.8 Å². The molecule has 30 heavy (non-hydrogen) atoms. The highest BCUT2D eigenvalue weighted by Crippen LogP contribution is 2.29. The van der Waals surface area contributed by atoms with Crippen LogP contribution in [0, 0.1) is 6.92 Å². The molecular formula is C22H26ClN3O3S. The van der Waals surface area contributed by atoms with Crippen LogP contribution >= 0.6 is 11.6 Å². The van der Waals surface area contributed by atoms with Crippen molar-refractivity contribution >= 4 is 38.9 Å². The minimum absolute atomic E-state index is 0.104. The molecule has 1 N–H and O–H groups in total. The Hall–Kier alpha value is -2.38. The standard InChI is InChI=1S/C22H26ClN3O3S/c1-17-13-14-18(23)15-21(17)26(30(28,29)20-11-7-4-8-12-20)16-22(27)25-24-19-9-5-2-3-6-10-19/h4,7-8,11-15H,2-3,5-6,9-10,16H2,1H3,(H,25,27). The number of nitrogens with zero attached hydrogens (tertiary/aromatic N) is 2. The number of sulfonamides is 1. The average Bonchev–Trinajstić information content (AvgIpc) is 3.02. The predicted molar refractivity (Wildman–Crippen MR) is 120 cm³/mol. The Balaban J connectivity index is 1.89. The fraction of sp³-hybridized carbons (Fsp3) is 0.364. The van der Waals surface area contributed by atoms with Crippen LogP contribution in [-0.2, 0) is 14.8 Å². The van der Waals surface area contributed by atoms with Gasteiger partial charge in [0.25, 0.3) is 15.9 Å². The normalized spacial score (nSPS) is 14.7. The summed E-state index contributed by atoms with van der Waals surface area (Å²) in [6.07, 6.45) is 6.18. The SMILES string of the molecule is Cc1ccc(Cl)cc1N(CC(=O)NN=C1CCCCCC1)S(=O)(=O)c1ccccc1. The van der Waals surface area contributed by atoms with E-state index in [-0.39, 0.29) is 4.90 Å². The van der Waals surface area contributed by atoms with E-state index in [1.807, 2.05) is 0 Å². The van der Waals surface area contributed by atoms with E-state index in [0.717, 1.165) is 35.7 Å². The van der Waals surface area contributed by atoms with Crippen LogP contribution in [-0.4, -0.2) is 26.6 Å². The van der Waals surface area contributed by atoms with Crippen LogP contribution < -0.4 is 9.73 Å². The van der Waals surface area contributed by atoms with Gasteiger partial charge in [0.2, 0.25) is 0 Å². The molecule has 0 aromatic heterocycles. The number of amides is 1. The van der Waals surface area contributed by atoms with Crippen molar-refractivity contribution in [1.29, 1.82) is 0 Å². The first-order valence-electron chi connectivity index (χ1n) is 10.1. The zero-order valence-electron chi connectivity index (χ0n) is 17.0.